The van der Waals surface area contributed by atoms with Gasteiger partial charge >= 0.3 is 5.97 Å². The highest BCUT2D eigenvalue weighted by molar-refractivity contribution is 5.70. The third-order valence-electron chi connectivity index (χ3n) is 2.89. The Kier molecular flexibility index (Phi) is 5.30. The number of carbonyl (C=O) groups excluding carboxylic acids is 1. The van der Waals surface area contributed by atoms with E-state index in [9.17, 15) is 14.9 Å². The Bertz CT molecular complexity index is 431. The van der Waals surface area contributed by atoms with Crippen molar-refractivity contribution in [3.05, 3.63) is 45.5 Å². The molecule has 5 heteroatoms. The molecule has 0 aliphatic carbocycles. The highest BCUT2D eigenvalue weighted by atomic mass is 16.6. The van der Waals surface area contributed by atoms with Crippen molar-refractivity contribution in [1.82, 2.24) is 0 Å². The molecule has 0 N–H and O–H groups in total. The molecular weight excluding hydrogens is 234 g/mol. The number of benzene rings is 1. The summed E-state index contributed by atoms with van der Waals surface area (Å²) in [6.07, 6.45) is 0.819. The number of nitrogens with zero attached hydrogens (tertiary/aromatic N) is 1. The monoisotopic (exact) mass is 251 g/mol. The molecule has 0 aliphatic rings. The predicted molar refractivity (Wildman–Crippen MR) is 67.1 cm³/mol. The van der Waals surface area contributed by atoms with E-state index in [1.165, 1.54) is 7.11 Å². The normalized spacial score (nSPS) is 11.9. The van der Waals surface area contributed by atoms with Gasteiger partial charge in [0, 0.05) is 4.92 Å². The van der Waals surface area contributed by atoms with E-state index in [-0.39, 0.29) is 17.9 Å². The molecule has 1 aromatic carbocycles. The summed E-state index contributed by atoms with van der Waals surface area (Å²) in [7, 11) is 1.29. The minimum atomic E-state index is -0.427. The Morgan fingerprint density at radius 2 is 2.11 bits per heavy atom. The van der Waals surface area contributed by atoms with E-state index < -0.39 is 11.9 Å². The number of nitro groups is 1. The van der Waals surface area contributed by atoms with Crippen molar-refractivity contribution in [2.75, 3.05) is 13.7 Å². The summed E-state index contributed by atoms with van der Waals surface area (Å²) in [5.41, 5.74) is 1.90. The number of hydrogen-bond donors (Lipinski definition) is 0. The van der Waals surface area contributed by atoms with Crippen LogP contribution in [0.5, 0.6) is 0 Å². The molecule has 0 spiro atoms. The van der Waals surface area contributed by atoms with Gasteiger partial charge < -0.3 is 4.74 Å². The average molecular weight is 251 g/mol. The van der Waals surface area contributed by atoms with Crippen molar-refractivity contribution in [3.63, 3.8) is 0 Å². The van der Waals surface area contributed by atoms with E-state index in [1.54, 1.807) is 0 Å². The van der Waals surface area contributed by atoms with Crippen LogP contribution in [0, 0.1) is 10.1 Å². The summed E-state index contributed by atoms with van der Waals surface area (Å²) in [4.78, 5) is 21.6. The molecule has 1 rings (SSSR count). The largest absolute Gasteiger partial charge is 0.469 e. The topological polar surface area (TPSA) is 69.4 Å². The van der Waals surface area contributed by atoms with Crippen LogP contribution in [0.4, 0.5) is 0 Å². The second kappa shape index (κ2) is 6.74. The molecule has 0 aliphatic heterocycles. The highest BCUT2D eigenvalue weighted by Crippen LogP contribution is 2.24. The third-order valence-corrected chi connectivity index (χ3v) is 2.89. The van der Waals surface area contributed by atoms with Crippen LogP contribution in [-0.2, 0) is 16.0 Å². The minimum absolute atomic E-state index is 0.0362. The summed E-state index contributed by atoms with van der Waals surface area (Å²) < 4.78 is 4.60. The Morgan fingerprint density at radius 3 is 2.67 bits per heavy atom. The first kappa shape index (κ1) is 14.2. The minimum Gasteiger partial charge on any atom is -0.469 e. The van der Waals surface area contributed by atoms with Crippen LogP contribution in [0.1, 0.15) is 30.4 Å². The molecule has 0 aromatic heterocycles. The quantitative estimate of drug-likeness (QED) is 0.441. The number of esters is 1. The number of carbonyl (C=O) groups is 1. The van der Waals surface area contributed by atoms with E-state index in [4.69, 9.17) is 0 Å². The van der Waals surface area contributed by atoms with Gasteiger partial charge in [0.2, 0.25) is 6.54 Å². The van der Waals surface area contributed by atoms with Crippen LogP contribution in [0.3, 0.4) is 0 Å². The Labute approximate surface area is 106 Å². The summed E-state index contributed by atoms with van der Waals surface area (Å²) >= 11 is 0. The molecule has 0 saturated heterocycles. The lowest BCUT2D eigenvalue weighted by atomic mass is 9.90. The van der Waals surface area contributed by atoms with Crippen molar-refractivity contribution >= 4 is 5.97 Å². The van der Waals surface area contributed by atoms with Crippen molar-refractivity contribution in [1.29, 1.82) is 0 Å². The van der Waals surface area contributed by atoms with Crippen molar-refractivity contribution in [2.24, 2.45) is 0 Å². The van der Waals surface area contributed by atoms with E-state index in [1.807, 2.05) is 31.2 Å². The third kappa shape index (κ3) is 3.84. The molecule has 0 radical (unpaired) electrons. The first-order chi connectivity index (χ1) is 8.58. The fourth-order valence-electron chi connectivity index (χ4n) is 1.99. The first-order valence-electron chi connectivity index (χ1n) is 5.84. The molecule has 0 bridgehead atoms. The molecule has 0 fully saturated rings. The lowest BCUT2D eigenvalue weighted by molar-refractivity contribution is -0.483. The van der Waals surface area contributed by atoms with Crippen molar-refractivity contribution < 1.29 is 14.5 Å². The number of aryl methyl sites for hydroxylation is 1. The van der Waals surface area contributed by atoms with Crippen molar-refractivity contribution in [3.8, 4) is 0 Å². The molecular formula is C13H17NO4. The smallest absolute Gasteiger partial charge is 0.306 e. The molecule has 0 amide bonds. The Balaban J connectivity index is 3.00. The Morgan fingerprint density at radius 1 is 1.44 bits per heavy atom. The van der Waals surface area contributed by atoms with Crippen LogP contribution in [0.2, 0.25) is 0 Å². The van der Waals surface area contributed by atoms with Gasteiger partial charge in [-0.2, -0.15) is 0 Å². The summed E-state index contributed by atoms with van der Waals surface area (Å²) in [6, 6.07) is 7.50. The van der Waals surface area contributed by atoms with E-state index in [2.05, 4.69) is 4.74 Å². The molecule has 0 saturated carbocycles. The fraction of sp³-hybridized carbons (Fsp3) is 0.462. The molecule has 1 aromatic rings. The molecule has 18 heavy (non-hydrogen) atoms. The van der Waals surface area contributed by atoms with Gasteiger partial charge in [-0.25, -0.2) is 0 Å². The van der Waals surface area contributed by atoms with Crippen molar-refractivity contribution in [2.45, 2.75) is 25.7 Å². The van der Waals surface area contributed by atoms with Gasteiger partial charge in [-0.1, -0.05) is 31.2 Å². The SMILES string of the molecule is CCc1ccccc1C(CC(=O)OC)C[N+](=O)[O-]. The average Bonchev–Trinajstić information content (AvgIpc) is 2.37. The maximum Gasteiger partial charge on any atom is 0.306 e. The molecule has 1 atom stereocenters. The van der Waals surface area contributed by atoms with Gasteiger partial charge in [-0.05, 0) is 17.5 Å². The van der Waals surface area contributed by atoms with E-state index in [0.717, 1.165) is 17.5 Å². The molecule has 0 heterocycles. The van der Waals surface area contributed by atoms with Crippen LogP contribution >= 0.6 is 0 Å². The second-order valence-corrected chi connectivity index (χ2v) is 4.04. The maximum absolute atomic E-state index is 11.3. The zero-order valence-corrected chi connectivity index (χ0v) is 10.6. The first-order valence-corrected chi connectivity index (χ1v) is 5.84. The van der Waals surface area contributed by atoms with Crippen LogP contribution < -0.4 is 0 Å². The zero-order chi connectivity index (χ0) is 13.5. The molecule has 1 unspecified atom stereocenters. The van der Waals surface area contributed by atoms with Gasteiger partial charge in [0.05, 0.1) is 19.4 Å². The van der Waals surface area contributed by atoms with Gasteiger partial charge in [0.1, 0.15) is 0 Å². The lowest BCUT2D eigenvalue weighted by Crippen LogP contribution is -2.18. The number of ether oxygens (including phenoxy) is 1. The Hall–Kier alpha value is -1.91. The number of methoxy groups -OCH3 is 1. The summed E-state index contributed by atoms with van der Waals surface area (Å²) in [5, 5.41) is 10.7. The summed E-state index contributed by atoms with van der Waals surface area (Å²) in [6.45, 7) is 1.73. The zero-order valence-electron chi connectivity index (χ0n) is 10.6. The number of rotatable bonds is 6. The molecule has 98 valence electrons. The fourth-order valence-corrected chi connectivity index (χ4v) is 1.99. The maximum atomic E-state index is 11.3. The lowest BCUT2D eigenvalue weighted by Gasteiger charge is -2.15. The van der Waals surface area contributed by atoms with Gasteiger partial charge in [-0.15, -0.1) is 0 Å². The van der Waals surface area contributed by atoms with Crippen LogP contribution in [0.25, 0.3) is 0 Å². The van der Waals surface area contributed by atoms with E-state index >= 15 is 0 Å². The predicted octanol–water partition coefficient (Wildman–Crippen LogP) is 2.17. The van der Waals surface area contributed by atoms with Gasteiger partial charge in [0.25, 0.3) is 0 Å². The second-order valence-electron chi connectivity index (χ2n) is 4.04. The van der Waals surface area contributed by atoms with Gasteiger partial charge in [0.15, 0.2) is 0 Å². The summed E-state index contributed by atoms with van der Waals surface area (Å²) in [5.74, 6) is -0.851. The van der Waals surface area contributed by atoms with Crippen LogP contribution in [0.15, 0.2) is 24.3 Å². The molecule has 5 nitrogen and oxygen atoms in total. The number of hydrogen-bond acceptors (Lipinski definition) is 4. The highest BCUT2D eigenvalue weighted by Gasteiger charge is 2.23. The standard InChI is InChI=1S/C13H17NO4/c1-3-10-6-4-5-7-12(10)11(9-14(16)17)8-13(15)18-2/h4-7,11H,3,8-9H2,1-2H3. The van der Waals surface area contributed by atoms with Gasteiger partial charge in [-0.3, -0.25) is 14.9 Å². The van der Waals surface area contributed by atoms with Crippen LogP contribution in [-0.4, -0.2) is 24.5 Å². The van der Waals surface area contributed by atoms with E-state index in [0.29, 0.717) is 0 Å².